The molecule has 0 amide bonds. The predicted octanol–water partition coefficient (Wildman–Crippen LogP) is 3.90. The van der Waals surface area contributed by atoms with Gasteiger partial charge in [0.05, 0.1) is 3.57 Å². The van der Waals surface area contributed by atoms with E-state index in [9.17, 15) is 0 Å². The van der Waals surface area contributed by atoms with Crippen LogP contribution in [0.5, 0.6) is 0 Å². The molecule has 0 spiro atoms. The van der Waals surface area contributed by atoms with Crippen LogP contribution in [-0.2, 0) is 0 Å². The van der Waals surface area contributed by atoms with E-state index in [0.717, 1.165) is 19.5 Å². The summed E-state index contributed by atoms with van der Waals surface area (Å²) < 4.78 is 2.08. The van der Waals surface area contributed by atoms with Gasteiger partial charge in [-0.1, -0.05) is 22.0 Å². The Morgan fingerprint density at radius 3 is 2.88 bits per heavy atom. The Morgan fingerprint density at radius 2 is 2.19 bits per heavy atom. The number of nitrogens with one attached hydrogen (secondary N) is 1. The molecule has 1 N–H and O–H groups in total. The van der Waals surface area contributed by atoms with Crippen molar-refractivity contribution in [2.24, 2.45) is 0 Å². The van der Waals surface area contributed by atoms with E-state index < -0.39 is 0 Å². The summed E-state index contributed by atoms with van der Waals surface area (Å²) in [6.45, 7) is 2.06. The van der Waals surface area contributed by atoms with Crippen molar-refractivity contribution in [2.75, 3.05) is 5.32 Å². The van der Waals surface area contributed by atoms with Crippen molar-refractivity contribution >= 4 is 50.0 Å². The monoisotopic (exact) mass is 389 g/mol. The van der Waals surface area contributed by atoms with Crippen LogP contribution >= 0.6 is 38.5 Å². The van der Waals surface area contributed by atoms with E-state index in [2.05, 4.69) is 66.8 Å². The SMILES string of the molecule is Cc1ccc(Nc2ncncc2I)cc1Br. The minimum atomic E-state index is 0.825. The van der Waals surface area contributed by atoms with Crippen molar-refractivity contribution in [1.82, 2.24) is 9.97 Å². The number of aromatic nitrogens is 2. The summed E-state index contributed by atoms with van der Waals surface area (Å²) in [6.07, 6.45) is 3.31. The van der Waals surface area contributed by atoms with Crippen LogP contribution in [0.3, 0.4) is 0 Å². The molecule has 0 atom stereocenters. The lowest BCUT2D eigenvalue weighted by molar-refractivity contribution is 1.15. The van der Waals surface area contributed by atoms with Crippen molar-refractivity contribution in [3.63, 3.8) is 0 Å². The van der Waals surface area contributed by atoms with Crippen molar-refractivity contribution in [1.29, 1.82) is 0 Å². The van der Waals surface area contributed by atoms with Gasteiger partial charge in [0.1, 0.15) is 12.1 Å². The van der Waals surface area contributed by atoms with Gasteiger partial charge in [0.15, 0.2) is 0 Å². The van der Waals surface area contributed by atoms with E-state index in [0.29, 0.717) is 0 Å². The van der Waals surface area contributed by atoms with Crippen molar-refractivity contribution in [3.8, 4) is 0 Å². The zero-order valence-corrected chi connectivity index (χ0v) is 12.3. The van der Waals surface area contributed by atoms with Gasteiger partial charge < -0.3 is 5.32 Å². The molecule has 0 bridgehead atoms. The molecule has 16 heavy (non-hydrogen) atoms. The fraction of sp³-hybridized carbons (Fsp3) is 0.0909. The number of nitrogens with zero attached hydrogens (tertiary/aromatic N) is 2. The average molecular weight is 390 g/mol. The minimum absolute atomic E-state index is 0.825. The Labute approximate surface area is 116 Å². The molecule has 0 unspecified atom stereocenters. The summed E-state index contributed by atoms with van der Waals surface area (Å²) in [5.74, 6) is 0.825. The Hall–Kier alpha value is -0.690. The first-order valence-electron chi connectivity index (χ1n) is 4.65. The highest BCUT2D eigenvalue weighted by Crippen LogP contribution is 2.24. The quantitative estimate of drug-likeness (QED) is 0.791. The van der Waals surface area contributed by atoms with Gasteiger partial charge in [-0.05, 0) is 47.2 Å². The highest BCUT2D eigenvalue weighted by atomic mass is 127. The van der Waals surface area contributed by atoms with Crippen molar-refractivity contribution in [3.05, 3.63) is 44.3 Å². The molecule has 2 rings (SSSR count). The number of benzene rings is 1. The summed E-state index contributed by atoms with van der Waals surface area (Å²) in [4.78, 5) is 8.13. The molecule has 82 valence electrons. The largest absolute Gasteiger partial charge is 0.339 e. The maximum atomic E-state index is 4.18. The van der Waals surface area contributed by atoms with Gasteiger partial charge >= 0.3 is 0 Å². The third-order valence-corrected chi connectivity index (χ3v) is 3.75. The van der Waals surface area contributed by atoms with Crippen LogP contribution in [0.25, 0.3) is 0 Å². The van der Waals surface area contributed by atoms with Crippen LogP contribution in [0, 0.1) is 10.5 Å². The molecule has 0 aliphatic heterocycles. The molecule has 1 aromatic heterocycles. The first-order valence-corrected chi connectivity index (χ1v) is 6.52. The Kier molecular flexibility index (Phi) is 3.75. The first-order chi connectivity index (χ1) is 7.66. The van der Waals surface area contributed by atoms with Crippen molar-refractivity contribution < 1.29 is 0 Å². The van der Waals surface area contributed by atoms with Crippen LogP contribution in [-0.4, -0.2) is 9.97 Å². The third-order valence-electron chi connectivity index (χ3n) is 2.10. The smallest absolute Gasteiger partial charge is 0.147 e. The normalized spacial score (nSPS) is 10.2. The molecule has 0 radical (unpaired) electrons. The molecule has 0 saturated carbocycles. The van der Waals surface area contributed by atoms with E-state index in [1.807, 2.05) is 12.1 Å². The zero-order chi connectivity index (χ0) is 11.5. The first kappa shape index (κ1) is 11.8. The Bertz CT molecular complexity index is 516. The highest BCUT2D eigenvalue weighted by Gasteiger charge is 2.02. The van der Waals surface area contributed by atoms with E-state index in [-0.39, 0.29) is 0 Å². The van der Waals surface area contributed by atoms with Crippen LogP contribution in [0.4, 0.5) is 11.5 Å². The standard InChI is InChI=1S/C11H9BrIN3/c1-7-2-3-8(4-9(7)12)16-11-10(13)5-14-6-15-11/h2-6H,1H3,(H,14,15,16). The van der Waals surface area contributed by atoms with Crippen LogP contribution < -0.4 is 5.32 Å². The lowest BCUT2D eigenvalue weighted by Gasteiger charge is -2.08. The average Bonchev–Trinajstić information content (AvgIpc) is 2.27. The second-order valence-corrected chi connectivity index (χ2v) is 5.32. The molecule has 3 nitrogen and oxygen atoms in total. The topological polar surface area (TPSA) is 37.8 Å². The van der Waals surface area contributed by atoms with Gasteiger partial charge in [-0.15, -0.1) is 0 Å². The molecule has 5 heteroatoms. The number of aryl methyl sites for hydroxylation is 1. The van der Waals surface area contributed by atoms with E-state index in [1.165, 1.54) is 11.9 Å². The van der Waals surface area contributed by atoms with Gasteiger partial charge in [-0.3, -0.25) is 0 Å². The number of hydrogen-bond acceptors (Lipinski definition) is 3. The molecule has 2 aromatic rings. The van der Waals surface area contributed by atoms with E-state index >= 15 is 0 Å². The molecular weight excluding hydrogens is 381 g/mol. The molecule has 1 heterocycles. The number of anilines is 2. The number of halogens is 2. The van der Waals surface area contributed by atoms with E-state index in [4.69, 9.17) is 0 Å². The van der Waals surface area contributed by atoms with Gasteiger partial charge in [0.2, 0.25) is 0 Å². The summed E-state index contributed by atoms with van der Waals surface area (Å²) in [5.41, 5.74) is 2.22. The van der Waals surface area contributed by atoms with Crippen LogP contribution in [0.1, 0.15) is 5.56 Å². The lowest BCUT2D eigenvalue weighted by Crippen LogP contribution is -1.97. The molecule has 0 fully saturated rings. The highest BCUT2D eigenvalue weighted by molar-refractivity contribution is 14.1. The van der Waals surface area contributed by atoms with Gasteiger partial charge in [0, 0.05) is 16.4 Å². The summed E-state index contributed by atoms with van der Waals surface area (Å²) in [5, 5.41) is 3.25. The minimum Gasteiger partial charge on any atom is -0.339 e. The van der Waals surface area contributed by atoms with Gasteiger partial charge in [-0.25, -0.2) is 9.97 Å². The lowest BCUT2D eigenvalue weighted by atomic mass is 10.2. The molecule has 0 aliphatic carbocycles. The third kappa shape index (κ3) is 2.70. The van der Waals surface area contributed by atoms with Crippen LogP contribution in [0.15, 0.2) is 35.2 Å². The second-order valence-electron chi connectivity index (χ2n) is 3.31. The van der Waals surface area contributed by atoms with Gasteiger partial charge in [0.25, 0.3) is 0 Å². The maximum Gasteiger partial charge on any atom is 0.147 e. The predicted molar refractivity (Wildman–Crippen MR) is 76.9 cm³/mol. The molecule has 0 saturated heterocycles. The zero-order valence-electron chi connectivity index (χ0n) is 8.54. The van der Waals surface area contributed by atoms with Gasteiger partial charge in [-0.2, -0.15) is 0 Å². The summed E-state index contributed by atoms with van der Waals surface area (Å²) >= 11 is 5.71. The van der Waals surface area contributed by atoms with Crippen molar-refractivity contribution in [2.45, 2.75) is 6.92 Å². The number of rotatable bonds is 2. The maximum absolute atomic E-state index is 4.18. The molecule has 0 aliphatic rings. The molecular formula is C11H9BrIN3. The molecule has 1 aromatic carbocycles. The fourth-order valence-corrected chi connectivity index (χ4v) is 2.03. The fourth-order valence-electron chi connectivity index (χ4n) is 1.21. The Morgan fingerprint density at radius 1 is 1.38 bits per heavy atom. The second kappa shape index (κ2) is 5.09. The Balaban J connectivity index is 2.28. The van der Waals surface area contributed by atoms with Crippen LogP contribution in [0.2, 0.25) is 0 Å². The summed E-state index contributed by atoms with van der Waals surface area (Å²) in [6, 6.07) is 6.12. The van der Waals surface area contributed by atoms with E-state index in [1.54, 1.807) is 6.20 Å². The number of hydrogen-bond donors (Lipinski definition) is 1. The summed E-state index contributed by atoms with van der Waals surface area (Å²) in [7, 11) is 0.